The van der Waals surface area contributed by atoms with Crippen molar-refractivity contribution in [3.05, 3.63) is 18.3 Å². The van der Waals surface area contributed by atoms with Crippen LogP contribution >= 0.6 is 11.8 Å². The zero-order valence-corrected chi connectivity index (χ0v) is 18.1. The summed E-state index contributed by atoms with van der Waals surface area (Å²) in [5.41, 5.74) is 0. The van der Waals surface area contributed by atoms with Crippen LogP contribution in [-0.2, 0) is 14.8 Å². The number of carbonyl (C=O) groups excluding carboxylic acids is 2. The monoisotopic (exact) mass is 428 g/mol. The third kappa shape index (κ3) is 6.46. The van der Waals surface area contributed by atoms with Gasteiger partial charge in [-0.25, -0.2) is 18.2 Å². The van der Waals surface area contributed by atoms with Crippen LogP contribution in [0.3, 0.4) is 0 Å². The van der Waals surface area contributed by atoms with Crippen molar-refractivity contribution >= 4 is 33.7 Å². The Labute approximate surface area is 170 Å². The second-order valence-corrected chi connectivity index (χ2v) is 10.3. The zero-order chi connectivity index (χ0) is 20.7. The average Bonchev–Trinajstić information content (AvgIpc) is 2.91. The summed E-state index contributed by atoms with van der Waals surface area (Å²) in [5, 5.41) is 4.82. The highest BCUT2D eigenvalue weighted by Crippen LogP contribution is 2.24. The van der Waals surface area contributed by atoms with Gasteiger partial charge < -0.3 is 5.32 Å². The van der Waals surface area contributed by atoms with Gasteiger partial charge in [0.1, 0.15) is 4.90 Å². The number of imide groups is 1. The largest absolute Gasteiger partial charge is 0.336 e. The highest BCUT2D eigenvalue weighted by molar-refractivity contribution is 8.00. The Morgan fingerprint density at radius 2 is 1.75 bits per heavy atom. The topological polar surface area (TPSA) is 108 Å². The number of hydrogen-bond donors (Lipinski definition) is 2. The lowest BCUT2D eigenvalue weighted by molar-refractivity contribution is -0.119. The number of sulfonamides is 1. The molecule has 1 unspecified atom stereocenters. The van der Waals surface area contributed by atoms with Gasteiger partial charge in [-0.05, 0) is 45.7 Å². The first-order valence-corrected chi connectivity index (χ1v) is 11.8. The van der Waals surface area contributed by atoms with E-state index in [1.54, 1.807) is 26.8 Å². The van der Waals surface area contributed by atoms with Gasteiger partial charge in [-0.15, -0.1) is 0 Å². The molecule has 0 aliphatic carbocycles. The lowest BCUT2D eigenvalue weighted by Crippen LogP contribution is -2.45. The van der Waals surface area contributed by atoms with Crippen LogP contribution in [0.4, 0.5) is 4.79 Å². The maximum Gasteiger partial charge on any atom is 0.321 e. The predicted molar refractivity (Wildman–Crippen MR) is 109 cm³/mol. The number of pyridine rings is 1. The van der Waals surface area contributed by atoms with Crippen LogP contribution in [-0.4, -0.2) is 54.0 Å². The number of nitrogens with one attached hydrogen (secondary N) is 2. The summed E-state index contributed by atoms with van der Waals surface area (Å²) in [5.74, 6) is -0.439. The minimum absolute atomic E-state index is 0.0730. The van der Waals surface area contributed by atoms with Crippen molar-refractivity contribution in [2.24, 2.45) is 0 Å². The molecule has 0 radical (unpaired) electrons. The van der Waals surface area contributed by atoms with E-state index in [0.29, 0.717) is 18.1 Å². The summed E-state index contributed by atoms with van der Waals surface area (Å²) in [6, 6.07) is 2.49. The number of urea groups is 1. The summed E-state index contributed by atoms with van der Waals surface area (Å²) in [4.78, 5) is 28.0. The van der Waals surface area contributed by atoms with Gasteiger partial charge in [0, 0.05) is 25.3 Å². The third-order valence-corrected chi connectivity index (χ3v) is 7.17. The molecule has 2 rings (SSSR count). The van der Waals surface area contributed by atoms with Crippen molar-refractivity contribution in [3.63, 3.8) is 0 Å². The third-order valence-electron chi connectivity index (χ3n) is 4.24. The van der Waals surface area contributed by atoms with Gasteiger partial charge in [-0.2, -0.15) is 4.31 Å². The molecular weight excluding hydrogens is 400 g/mol. The summed E-state index contributed by atoms with van der Waals surface area (Å²) < 4.78 is 27.0. The Bertz CT molecular complexity index is 773. The van der Waals surface area contributed by atoms with Gasteiger partial charge in [0.15, 0.2) is 0 Å². The van der Waals surface area contributed by atoms with E-state index in [4.69, 9.17) is 0 Å². The van der Waals surface area contributed by atoms with Crippen molar-refractivity contribution in [2.45, 2.75) is 67.7 Å². The zero-order valence-electron chi connectivity index (χ0n) is 16.5. The number of rotatable bonds is 6. The van der Waals surface area contributed by atoms with E-state index in [1.807, 2.05) is 0 Å². The van der Waals surface area contributed by atoms with Gasteiger partial charge in [0.2, 0.25) is 15.9 Å². The van der Waals surface area contributed by atoms with Crippen LogP contribution in [0.1, 0.15) is 46.5 Å². The molecule has 1 aliphatic rings. The molecule has 0 saturated carbocycles. The fourth-order valence-electron chi connectivity index (χ4n) is 2.77. The lowest BCUT2D eigenvalue weighted by atomic mass is 10.2. The molecule has 1 fully saturated rings. The van der Waals surface area contributed by atoms with Crippen LogP contribution < -0.4 is 10.6 Å². The fourth-order valence-corrected chi connectivity index (χ4v) is 5.02. The van der Waals surface area contributed by atoms with Crippen LogP contribution in [0.5, 0.6) is 0 Å². The second kappa shape index (κ2) is 10.2. The SMILES string of the molecule is CC(C)NC(=O)NC(=O)C(C)Sc1ccc(S(=O)(=O)N2CCCCCC2)cn1. The van der Waals surface area contributed by atoms with E-state index in [1.165, 1.54) is 16.6 Å². The molecule has 28 heavy (non-hydrogen) atoms. The smallest absolute Gasteiger partial charge is 0.321 e. The van der Waals surface area contributed by atoms with E-state index in [-0.39, 0.29) is 10.9 Å². The molecule has 1 aromatic rings. The minimum atomic E-state index is -3.55. The van der Waals surface area contributed by atoms with Crippen molar-refractivity contribution in [1.29, 1.82) is 0 Å². The van der Waals surface area contributed by atoms with Gasteiger partial charge in [-0.1, -0.05) is 24.6 Å². The number of hydrogen-bond acceptors (Lipinski definition) is 6. The van der Waals surface area contributed by atoms with Crippen LogP contribution in [0.15, 0.2) is 28.3 Å². The summed E-state index contributed by atoms with van der Waals surface area (Å²) in [7, 11) is -3.55. The van der Waals surface area contributed by atoms with Gasteiger partial charge >= 0.3 is 6.03 Å². The molecule has 156 valence electrons. The normalized spacial score (nSPS) is 17.0. The standard InChI is InChI=1S/C18H28N4O4S2/c1-13(2)20-18(24)21-17(23)14(3)27-16-9-8-15(12-19-16)28(25,26)22-10-6-4-5-7-11-22/h8-9,12-14H,4-7,10-11H2,1-3H3,(H2,20,21,23,24). The molecule has 10 heteroatoms. The number of carbonyl (C=O) groups is 2. The molecule has 2 N–H and O–H groups in total. The van der Waals surface area contributed by atoms with Crippen molar-refractivity contribution in [2.75, 3.05) is 13.1 Å². The summed E-state index contributed by atoms with van der Waals surface area (Å²) >= 11 is 1.16. The van der Waals surface area contributed by atoms with E-state index in [2.05, 4.69) is 15.6 Å². The van der Waals surface area contributed by atoms with E-state index in [9.17, 15) is 18.0 Å². The number of amides is 3. The first-order chi connectivity index (χ1) is 13.2. The van der Waals surface area contributed by atoms with Crippen LogP contribution in [0, 0.1) is 0 Å². The predicted octanol–water partition coefficient (Wildman–Crippen LogP) is 2.36. The Hall–Kier alpha value is -1.65. The Kier molecular flexibility index (Phi) is 8.26. The Morgan fingerprint density at radius 3 is 2.29 bits per heavy atom. The molecule has 0 aromatic carbocycles. The molecule has 2 heterocycles. The van der Waals surface area contributed by atoms with Crippen molar-refractivity contribution in [1.82, 2.24) is 19.9 Å². The Balaban J connectivity index is 1.98. The first kappa shape index (κ1) is 22.6. The van der Waals surface area contributed by atoms with E-state index < -0.39 is 27.2 Å². The molecule has 8 nitrogen and oxygen atoms in total. The second-order valence-electron chi connectivity index (χ2n) is 7.03. The van der Waals surface area contributed by atoms with E-state index in [0.717, 1.165) is 37.4 Å². The molecule has 1 atom stereocenters. The van der Waals surface area contributed by atoms with Crippen molar-refractivity contribution < 1.29 is 18.0 Å². The number of nitrogens with zero attached hydrogens (tertiary/aromatic N) is 2. The molecule has 1 saturated heterocycles. The molecule has 3 amide bonds. The maximum atomic E-state index is 12.8. The fraction of sp³-hybridized carbons (Fsp3) is 0.611. The Morgan fingerprint density at radius 1 is 1.11 bits per heavy atom. The molecular formula is C18H28N4O4S2. The molecule has 1 aliphatic heterocycles. The lowest BCUT2D eigenvalue weighted by Gasteiger charge is -2.19. The van der Waals surface area contributed by atoms with Gasteiger partial charge in [-0.3, -0.25) is 10.1 Å². The maximum absolute atomic E-state index is 12.8. The van der Waals surface area contributed by atoms with E-state index >= 15 is 0 Å². The summed E-state index contributed by atoms with van der Waals surface area (Å²) in [6.45, 7) is 6.33. The van der Waals surface area contributed by atoms with Gasteiger partial charge in [0.25, 0.3) is 0 Å². The average molecular weight is 429 g/mol. The highest BCUT2D eigenvalue weighted by atomic mass is 32.2. The quantitative estimate of drug-likeness (QED) is 0.674. The number of thioether (sulfide) groups is 1. The van der Waals surface area contributed by atoms with Crippen LogP contribution in [0.2, 0.25) is 0 Å². The van der Waals surface area contributed by atoms with Crippen molar-refractivity contribution in [3.8, 4) is 0 Å². The first-order valence-electron chi connectivity index (χ1n) is 9.44. The number of aromatic nitrogens is 1. The molecule has 0 spiro atoms. The molecule has 0 bridgehead atoms. The minimum Gasteiger partial charge on any atom is -0.336 e. The highest BCUT2D eigenvalue weighted by Gasteiger charge is 2.26. The molecule has 1 aromatic heterocycles. The van der Waals surface area contributed by atoms with Gasteiger partial charge in [0.05, 0.1) is 10.3 Å². The summed E-state index contributed by atoms with van der Waals surface area (Å²) in [6.07, 6.45) is 5.18. The van der Waals surface area contributed by atoms with Crippen LogP contribution in [0.25, 0.3) is 0 Å².